The lowest BCUT2D eigenvalue weighted by Crippen LogP contribution is -2.51. The summed E-state index contributed by atoms with van der Waals surface area (Å²) in [6.07, 6.45) is 0. The second-order valence-electron chi connectivity index (χ2n) is 9.09. The first-order chi connectivity index (χ1) is 14.5. The number of hydrogen-bond acceptors (Lipinski definition) is 2. The van der Waals surface area contributed by atoms with E-state index in [4.69, 9.17) is 0 Å². The Morgan fingerprint density at radius 1 is 0.767 bits per heavy atom. The number of carbonyl (C=O) groups is 2. The van der Waals surface area contributed by atoms with Crippen molar-refractivity contribution in [3.05, 3.63) is 100 Å². The van der Waals surface area contributed by atoms with Crippen LogP contribution in [0.25, 0.3) is 0 Å². The molecule has 3 aromatic rings. The minimum Gasteiger partial charge on any atom is -0.274 e. The molecule has 0 radical (unpaired) electrons. The average Bonchev–Trinajstić information content (AvgIpc) is 3.02. The lowest BCUT2D eigenvalue weighted by atomic mass is 9.48. The van der Waals surface area contributed by atoms with E-state index in [1.807, 2.05) is 56.3 Å². The van der Waals surface area contributed by atoms with Crippen LogP contribution < -0.4 is 4.90 Å². The molecule has 1 heterocycles. The van der Waals surface area contributed by atoms with Gasteiger partial charge in [0.15, 0.2) is 0 Å². The standard InChI is InChI=1S/C27H23NO2/c1-15-9-8-14-21(16(15)2)28-25(29)23-22-17-10-4-6-12-19(17)27(3,24(23)26(28)30)20-13-7-5-11-18(20)22/h4-14,22-24H,1-3H3/t22?,23-,24+,27?/m1/s1. The molecular weight excluding hydrogens is 370 g/mol. The van der Waals surface area contributed by atoms with E-state index in [0.29, 0.717) is 0 Å². The van der Waals surface area contributed by atoms with Crippen LogP contribution in [-0.2, 0) is 15.0 Å². The van der Waals surface area contributed by atoms with Gasteiger partial charge in [0.25, 0.3) is 0 Å². The lowest BCUT2D eigenvalue weighted by Gasteiger charge is -2.52. The van der Waals surface area contributed by atoms with Crippen molar-refractivity contribution in [2.24, 2.45) is 11.8 Å². The molecule has 0 spiro atoms. The Balaban J connectivity index is 1.63. The van der Waals surface area contributed by atoms with Crippen LogP contribution in [0.15, 0.2) is 66.7 Å². The van der Waals surface area contributed by atoms with Gasteiger partial charge in [0.05, 0.1) is 17.5 Å². The summed E-state index contributed by atoms with van der Waals surface area (Å²) in [5.74, 6) is -0.920. The van der Waals surface area contributed by atoms with E-state index in [-0.39, 0.29) is 29.6 Å². The van der Waals surface area contributed by atoms with Crippen LogP contribution in [0.3, 0.4) is 0 Å². The summed E-state index contributed by atoms with van der Waals surface area (Å²) in [5.41, 5.74) is 7.08. The predicted octanol–water partition coefficient (Wildman–Crippen LogP) is 4.87. The zero-order valence-corrected chi connectivity index (χ0v) is 17.3. The maximum atomic E-state index is 13.9. The smallest absolute Gasteiger partial charge is 0.238 e. The summed E-state index contributed by atoms with van der Waals surface area (Å²) in [6.45, 7) is 6.18. The highest BCUT2D eigenvalue weighted by atomic mass is 16.2. The van der Waals surface area contributed by atoms with Gasteiger partial charge in [0.2, 0.25) is 11.8 Å². The first-order valence-electron chi connectivity index (χ1n) is 10.6. The molecule has 148 valence electrons. The summed E-state index contributed by atoms with van der Waals surface area (Å²) < 4.78 is 0. The highest BCUT2D eigenvalue weighted by Crippen LogP contribution is 2.64. The molecule has 0 N–H and O–H groups in total. The number of carbonyl (C=O) groups excluding carboxylic acids is 2. The molecule has 0 unspecified atom stereocenters. The molecule has 1 fully saturated rings. The Hall–Kier alpha value is -3.20. The molecule has 2 atom stereocenters. The quantitative estimate of drug-likeness (QED) is 0.553. The number of benzene rings is 3. The van der Waals surface area contributed by atoms with E-state index in [9.17, 15) is 9.59 Å². The van der Waals surface area contributed by atoms with Crippen molar-refractivity contribution < 1.29 is 9.59 Å². The van der Waals surface area contributed by atoms with Crippen LogP contribution in [0.1, 0.15) is 46.2 Å². The third kappa shape index (κ3) is 1.86. The number of aryl methyl sites for hydroxylation is 1. The number of amides is 2. The molecule has 3 nitrogen and oxygen atoms in total. The highest BCUT2D eigenvalue weighted by molar-refractivity contribution is 6.24. The van der Waals surface area contributed by atoms with Gasteiger partial charge in [0, 0.05) is 11.3 Å². The minimum absolute atomic E-state index is 0.0565. The molecule has 1 aliphatic heterocycles. The van der Waals surface area contributed by atoms with Crippen LogP contribution >= 0.6 is 0 Å². The molecule has 2 amide bonds. The number of anilines is 1. The second kappa shape index (κ2) is 5.69. The van der Waals surface area contributed by atoms with Crippen molar-refractivity contribution in [1.82, 2.24) is 0 Å². The van der Waals surface area contributed by atoms with Gasteiger partial charge in [-0.1, -0.05) is 67.6 Å². The van der Waals surface area contributed by atoms with Crippen molar-refractivity contribution in [2.75, 3.05) is 4.90 Å². The van der Waals surface area contributed by atoms with E-state index in [0.717, 1.165) is 16.8 Å². The fraction of sp³-hybridized carbons (Fsp3) is 0.259. The summed E-state index contributed by atoms with van der Waals surface area (Å²) in [4.78, 5) is 29.3. The zero-order valence-electron chi connectivity index (χ0n) is 17.3. The van der Waals surface area contributed by atoms with Crippen LogP contribution in [0.2, 0.25) is 0 Å². The molecule has 4 aliphatic rings. The average molecular weight is 393 g/mol. The van der Waals surface area contributed by atoms with E-state index < -0.39 is 5.41 Å². The van der Waals surface area contributed by atoms with Gasteiger partial charge in [-0.05, 0) is 53.3 Å². The Bertz CT molecular complexity index is 1210. The van der Waals surface area contributed by atoms with E-state index in [1.54, 1.807) is 0 Å². The van der Waals surface area contributed by atoms with Crippen molar-refractivity contribution in [3.63, 3.8) is 0 Å². The van der Waals surface area contributed by atoms with E-state index >= 15 is 0 Å². The van der Waals surface area contributed by atoms with Crippen LogP contribution in [0.5, 0.6) is 0 Å². The molecule has 0 saturated carbocycles. The van der Waals surface area contributed by atoms with Gasteiger partial charge in [0.1, 0.15) is 0 Å². The third-order valence-electron chi connectivity index (χ3n) is 7.86. The van der Waals surface area contributed by atoms with Crippen molar-refractivity contribution in [1.29, 1.82) is 0 Å². The summed E-state index contributed by atoms with van der Waals surface area (Å²) in [7, 11) is 0. The first-order valence-corrected chi connectivity index (χ1v) is 10.6. The predicted molar refractivity (Wildman–Crippen MR) is 117 cm³/mol. The Kier molecular flexibility index (Phi) is 3.35. The van der Waals surface area contributed by atoms with Crippen LogP contribution in [-0.4, -0.2) is 11.8 Å². The fourth-order valence-electron chi connectivity index (χ4n) is 6.37. The number of rotatable bonds is 1. The minimum atomic E-state index is -0.508. The Morgan fingerprint density at radius 3 is 2.00 bits per heavy atom. The van der Waals surface area contributed by atoms with E-state index in [1.165, 1.54) is 27.2 Å². The topological polar surface area (TPSA) is 37.4 Å². The van der Waals surface area contributed by atoms with Gasteiger partial charge < -0.3 is 0 Å². The SMILES string of the molecule is Cc1cccc(N2C(=O)[C@@H]3C4c5ccccc5C(C)(c5ccccc54)[C@@H]3C2=O)c1C. The maximum Gasteiger partial charge on any atom is 0.238 e. The fourth-order valence-corrected chi connectivity index (χ4v) is 6.37. The van der Waals surface area contributed by atoms with E-state index in [2.05, 4.69) is 31.2 Å². The second-order valence-corrected chi connectivity index (χ2v) is 9.09. The normalized spacial score (nSPS) is 28.4. The molecule has 0 aromatic heterocycles. The van der Waals surface area contributed by atoms with Crippen molar-refractivity contribution >= 4 is 17.5 Å². The Labute approximate surface area is 176 Å². The molecule has 1 saturated heterocycles. The van der Waals surface area contributed by atoms with Gasteiger partial charge in [-0.15, -0.1) is 0 Å². The van der Waals surface area contributed by atoms with Crippen molar-refractivity contribution in [3.8, 4) is 0 Å². The third-order valence-corrected chi connectivity index (χ3v) is 7.86. The summed E-state index contributed by atoms with van der Waals surface area (Å²) in [5, 5.41) is 0. The van der Waals surface area contributed by atoms with Gasteiger partial charge in [-0.2, -0.15) is 0 Å². The molecule has 2 bridgehead atoms. The maximum absolute atomic E-state index is 13.9. The molecule has 7 rings (SSSR count). The largest absolute Gasteiger partial charge is 0.274 e. The van der Waals surface area contributed by atoms with Gasteiger partial charge in [-0.25, -0.2) is 4.90 Å². The summed E-state index contributed by atoms with van der Waals surface area (Å²) in [6, 6.07) is 22.6. The lowest BCUT2D eigenvalue weighted by molar-refractivity contribution is -0.123. The molecular formula is C27H23NO2. The summed E-state index contributed by atoms with van der Waals surface area (Å²) >= 11 is 0. The monoisotopic (exact) mass is 393 g/mol. The molecule has 3 aromatic carbocycles. The van der Waals surface area contributed by atoms with Gasteiger partial charge in [-0.3, -0.25) is 9.59 Å². The zero-order chi connectivity index (χ0) is 20.8. The molecule has 3 aliphatic carbocycles. The Morgan fingerprint density at radius 2 is 1.37 bits per heavy atom. The number of imide groups is 1. The molecule has 3 heteroatoms. The van der Waals surface area contributed by atoms with Crippen LogP contribution in [0.4, 0.5) is 5.69 Å². The molecule has 30 heavy (non-hydrogen) atoms. The van der Waals surface area contributed by atoms with Crippen LogP contribution in [0, 0.1) is 25.7 Å². The highest BCUT2D eigenvalue weighted by Gasteiger charge is 2.66. The first kappa shape index (κ1) is 17.6. The van der Waals surface area contributed by atoms with Crippen molar-refractivity contribution in [2.45, 2.75) is 32.1 Å². The van der Waals surface area contributed by atoms with Gasteiger partial charge >= 0.3 is 0 Å². The number of nitrogens with zero attached hydrogens (tertiary/aromatic N) is 1. The number of hydrogen-bond donors (Lipinski definition) is 0.